The first-order valence-corrected chi connectivity index (χ1v) is 13.0. The van der Waals surface area contributed by atoms with Crippen LogP contribution in [0.1, 0.15) is 37.3 Å². The van der Waals surface area contributed by atoms with Crippen LogP contribution in [-0.4, -0.2) is 34.1 Å². The van der Waals surface area contributed by atoms with E-state index in [1.54, 1.807) is 35.7 Å². The summed E-state index contributed by atoms with van der Waals surface area (Å²) in [6.45, 7) is 16.6. The molecule has 1 saturated heterocycles. The Labute approximate surface area is 215 Å². The van der Waals surface area contributed by atoms with Gasteiger partial charge in [-0.3, -0.25) is 4.98 Å². The molecule has 7 heteroatoms. The van der Waals surface area contributed by atoms with Gasteiger partial charge in [0.25, 0.3) is 0 Å². The molecule has 3 aromatic heterocycles. The molecule has 186 valence electrons. The SMILES string of the molecule is C#CCNC(=C)n1c(C)cc2c(F)c(Oc3ccnc4cc(C(=C)N5CCCC5)sc34)ccc21.CC. The van der Waals surface area contributed by atoms with Crippen LogP contribution < -0.4 is 10.1 Å². The van der Waals surface area contributed by atoms with Gasteiger partial charge in [-0.05, 0) is 44.0 Å². The third-order valence-corrected chi connectivity index (χ3v) is 7.29. The third kappa shape index (κ3) is 4.69. The van der Waals surface area contributed by atoms with Crippen molar-refractivity contribution in [3.8, 4) is 23.8 Å². The molecule has 0 unspecified atom stereocenters. The first kappa shape index (κ1) is 25.3. The standard InChI is InChI=1S/C27H25FN4OS.C2H6/c1-5-11-29-19(4)32-17(2)15-20-22(32)8-9-23(26(20)28)33-24-10-12-30-21-16-25(34-27(21)24)18(3)31-13-6-7-14-31;1-2/h1,8-10,12,15-16,29H,3-4,6-7,11,13-14H2,2H3;1-2H3. The zero-order valence-corrected chi connectivity index (χ0v) is 21.8. The Morgan fingerprint density at radius 2 is 1.94 bits per heavy atom. The molecule has 0 bridgehead atoms. The lowest BCUT2D eigenvalue weighted by atomic mass is 10.2. The van der Waals surface area contributed by atoms with Crippen LogP contribution in [0.2, 0.25) is 0 Å². The number of rotatable bonds is 7. The van der Waals surface area contributed by atoms with Gasteiger partial charge in [-0.15, -0.1) is 17.8 Å². The number of fused-ring (bicyclic) bond motifs is 2. The summed E-state index contributed by atoms with van der Waals surface area (Å²) >= 11 is 1.57. The van der Waals surface area contributed by atoms with Crippen LogP contribution in [0.5, 0.6) is 11.5 Å². The van der Waals surface area contributed by atoms with Gasteiger partial charge in [0.05, 0.1) is 27.2 Å². The van der Waals surface area contributed by atoms with E-state index in [9.17, 15) is 0 Å². The van der Waals surface area contributed by atoms with Crippen LogP contribution in [0.3, 0.4) is 0 Å². The fourth-order valence-corrected chi connectivity index (χ4v) is 5.49. The van der Waals surface area contributed by atoms with Crippen molar-refractivity contribution < 1.29 is 9.13 Å². The van der Waals surface area contributed by atoms with E-state index in [0.717, 1.165) is 39.6 Å². The molecule has 1 fully saturated rings. The summed E-state index contributed by atoms with van der Waals surface area (Å²) < 4.78 is 24.4. The number of aromatic nitrogens is 2. The number of hydrogen-bond acceptors (Lipinski definition) is 5. The van der Waals surface area contributed by atoms with Gasteiger partial charge in [0.2, 0.25) is 0 Å². The second-order valence-electron chi connectivity index (χ2n) is 8.31. The van der Waals surface area contributed by atoms with Gasteiger partial charge in [-0.25, -0.2) is 4.39 Å². The molecule has 1 aromatic carbocycles. The highest BCUT2D eigenvalue weighted by molar-refractivity contribution is 7.20. The zero-order valence-electron chi connectivity index (χ0n) is 21.0. The fraction of sp³-hybridized carbons (Fsp3) is 0.276. The van der Waals surface area contributed by atoms with Gasteiger partial charge in [0, 0.05) is 42.1 Å². The van der Waals surface area contributed by atoms with Crippen LogP contribution >= 0.6 is 11.3 Å². The molecule has 0 saturated carbocycles. The summed E-state index contributed by atoms with van der Waals surface area (Å²) in [6.07, 6.45) is 9.40. The van der Waals surface area contributed by atoms with E-state index in [-0.39, 0.29) is 5.75 Å². The Morgan fingerprint density at radius 3 is 2.67 bits per heavy atom. The van der Waals surface area contributed by atoms with Gasteiger partial charge in [-0.1, -0.05) is 32.9 Å². The molecular formula is C29H31FN4OS. The van der Waals surface area contributed by atoms with Crippen molar-refractivity contribution in [3.05, 3.63) is 66.1 Å². The molecule has 1 aliphatic rings. The molecule has 0 atom stereocenters. The number of pyridine rings is 1. The maximum atomic E-state index is 15.5. The number of ether oxygens (including phenoxy) is 1. The van der Waals surface area contributed by atoms with Crippen molar-refractivity contribution in [2.45, 2.75) is 33.6 Å². The summed E-state index contributed by atoms with van der Waals surface area (Å²) in [5.41, 5.74) is 3.36. The largest absolute Gasteiger partial charge is 0.453 e. The number of benzene rings is 1. The van der Waals surface area contributed by atoms with Crippen molar-refractivity contribution in [3.63, 3.8) is 0 Å². The highest BCUT2D eigenvalue weighted by Gasteiger charge is 2.20. The van der Waals surface area contributed by atoms with Crippen molar-refractivity contribution in [2.75, 3.05) is 19.6 Å². The van der Waals surface area contributed by atoms with E-state index in [1.165, 1.54) is 12.8 Å². The quantitative estimate of drug-likeness (QED) is 0.271. The minimum absolute atomic E-state index is 0.160. The monoisotopic (exact) mass is 502 g/mol. The summed E-state index contributed by atoms with van der Waals surface area (Å²) in [4.78, 5) is 7.85. The van der Waals surface area contributed by atoms with Crippen molar-refractivity contribution in [1.29, 1.82) is 0 Å². The first-order valence-electron chi connectivity index (χ1n) is 12.2. The van der Waals surface area contributed by atoms with Gasteiger partial charge in [0.15, 0.2) is 11.6 Å². The second kappa shape index (κ2) is 10.9. The molecule has 0 spiro atoms. The summed E-state index contributed by atoms with van der Waals surface area (Å²) in [5, 5.41) is 3.51. The van der Waals surface area contributed by atoms with Crippen molar-refractivity contribution in [2.24, 2.45) is 0 Å². The highest BCUT2D eigenvalue weighted by Crippen LogP contribution is 2.40. The van der Waals surface area contributed by atoms with E-state index in [0.29, 0.717) is 29.0 Å². The average Bonchev–Trinajstić information content (AvgIpc) is 3.64. The molecule has 5 nitrogen and oxygen atoms in total. The number of aryl methyl sites for hydroxylation is 1. The molecule has 1 aliphatic heterocycles. The lowest BCUT2D eigenvalue weighted by molar-refractivity contribution is 0.450. The van der Waals surface area contributed by atoms with Crippen molar-refractivity contribution >= 4 is 44.0 Å². The van der Waals surface area contributed by atoms with Crippen LogP contribution in [0.4, 0.5) is 4.39 Å². The lowest BCUT2D eigenvalue weighted by Crippen LogP contribution is -2.17. The molecule has 5 rings (SSSR count). The molecule has 0 radical (unpaired) electrons. The lowest BCUT2D eigenvalue weighted by Gasteiger charge is -2.18. The number of nitrogens with zero attached hydrogens (tertiary/aromatic N) is 3. The number of nitrogens with one attached hydrogen (secondary N) is 1. The minimum atomic E-state index is -0.424. The molecule has 4 aromatic rings. The normalized spacial score (nSPS) is 12.8. The van der Waals surface area contributed by atoms with E-state index in [1.807, 2.05) is 37.5 Å². The second-order valence-corrected chi connectivity index (χ2v) is 9.37. The van der Waals surface area contributed by atoms with Crippen molar-refractivity contribution in [1.82, 2.24) is 19.8 Å². The van der Waals surface area contributed by atoms with E-state index < -0.39 is 5.82 Å². The van der Waals surface area contributed by atoms with Gasteiger partial charge >= 0.3 is 0 Å². The maximum absolute atomic E-state index is 15.5. The van der Waals surface area contributed by atoms with Crippen LogP contribution in [0, 0.1) is 25.1 Å². The summed E-state index contributed by atoms with van der Waals surface area (Å²) in [5.74, 6) is 3.43. The molecule has 1 N–H and O–H groups in total. The van der Waals surface area contributed by atoms with E-state index in [2.05, 4.69) is 34.3 Å². The minimum Gasteiger partial charge on any atom is -0.453 e. The average molecular weight is 503 g/mol. The number of hydrogen-bond donors (Lipinski definition) is 1. The van der Waals surface area contributed by atoms with E-state index >= 15 is 4.39 Å². The van der Waals surface area contributed by atoms with Gasteiger partial charge in [-0.2, -0.15) is 0 Å². The summed E-state index contributed by atoms with van der Waals surface area (Å²) in [6, 6.07) is 9.06. The summed E-state index contributed by atoms with van der Waals surface area (Å²) in [7, 11) is 0. The Bertz CT molecular complexity index is 1470. The highest BCUT2D eigenvalue weighted by atomic mass is 32.1. The molecule has 0 amide bonds. The van der Waals surface area contributed by atoms with Gasteiger partial charge < -0.3 is 19.5 Å². The smallest absolute Gasteiger partial charge is 0.175 e. The molecule has 36 heavy (non-hydrogen) atoms. The zero-order chi connectivity index (χ0) is 25.8. The number of terminal acetylenes is 1. The topological polar surface area (TPSA) is 42.3 Å². The number of likely N-dealkylation sites (tertiary alicyclic amines) is 1. The van der Waals surface area contributed by atoms with E-state index in [4.69, 9.17) is 11.2 Å². The van der Waals surface area contributed by atoms with Crippen LogP contribution in [-0.2, 0) is 0 Å². The molecular weight excluding hydrogens is 471 g/mol. The predicted molar refractivity (Wildman–Crippen MR) is 150 cm³/mol. The predicted octanol–water partition coefficient (Wildman–Crippen LogP) is 7.23. The first-order chi connectivity index (χ1) is 17.5. The fourth-order valence-electron chi connectivity index (χ4n) is 4.43. The number of halogens is 1. The molecule has 0 aliphatic carbocycles. The Morgan fingerprint density at radius 1 is 1.19 bits per heavy atom. The number of thiophene rings is 1. The van der Waals surface area contributed by atoms with Crippen LogP contribution in [0.15, 0.2) is 49.7 Å². The van der Waals surface area contributed by atoms with Gasteiger partial charge in [0.1, 0.15) is 11.6 Å². The maximum Gasteiger partial charge on any atom is 0.175 e. The molecule has 4 heterocycles. The Kier molecular flexibility index (Phi) is 7.66. The van der Waals surface area contributed by atoms with Crippen LogP contribution in [0.25, 0.3) is 32.6 Å². The third-order valence-electron chi connectivity index (χ3n) is 6.10. The Balaban J connectivity index is 0.00000148. The Hall–Kier alpha value is -3.76.